The van der Waals surface area contributed by atoms with E-state index in [1.807, 2.05) is 6.07 Å². The third kappa shape index (κ3) is 3.79. The van der Waals surface area contributed by atoms with E-state index < -0.39 is 0 Å². The molecule has 0 atom stereocenters. The lowest BCUT2D eigenvalue weighted by Crippen LogP contribution is -2.32. The van der Waals surface area contributed by atoms with Gasteiger partial charge < -0.3 is 5.32 Å². The summed E-state index contributed by atoms with van der Waals surface area (Å²) in [7, 11) is 0. The molecular formula is C15H21BrFN. The average Bonchev–Trinajstić information content (AvgIpc) is 2.41. The molecule has 1 fully saturated rings. The zero-order valence-electron chi connectivity index (χ0n) is 10.9. The van der Waals surface area contributed by atoms with Crippen molar-refractivity contribution in [1.29, 1.82) is 0 Å². The van der Waals surface area contributed by atoms with Gasteiger partial charge in [0.15, 0.2) is 0 Å². The van der Waals surface area contributed by atoms with Gasteiger partial charge in [0.2, 0.25) is 0 Å². The van der Waals surface area contributed by atoms with E-state index in [2.05, 4.69) is 28.2 Å². The van der Waals surface area contributed by atoms with Crippen LogP contribution < -0.4 is 5.32 Å². The second kappa shape index (κ2) is 6.67. The van der Waals surface area contributed by atoms with Gasteiger partial charge in [-0.2, -0.15) is 0 Å². The van der Waals surface area contributed by atoms with Gasteiger partial charge >= 0.3 is 0 Å². The molecule has 1 aliphatic carbocycles. The number of hydrogen-bond donors (Lipinski definition) is 1. The smallest absolute Gasteiger partial charge is 0.137 e. The van der Waals surface area contributed by atoms with E-state index in [1.54, 1.807) is 12.1 Å². The van der Waals surface area contributed by atoms with Gasteiger partial charge in [0.05, 0.1) is 4.47 Å². The van der Waals surface area contributed by atoms with Crippen molar-refractivity contribution in [2.45, 2.75) is 51.6 Å². The van der Waals surface area contributed by atoms with Crippen LogP contribution in [0.1, 0.15) is 44.6 Å². The van der Waals surface area contributed by atoms with Crippen LogP contribution in [-0.4, -0.2) is 6.04 Å². The molecule has 3 heteroatoms. The van der Waals surface area contributed by atoms with Gasteiger partial charge in [0.1, 0.15) is 5.82 Å². The normalized spacial score (nSPS) is 24.2. The number of halogens is 2. The van der Waals surface area contributed by atoms with Gasteiger partial charge in [0, 0.05) is 12.6 Å². The quantitative estimate of drug-likeness (QED) is 0.853. The van der Waals surface area contributed by atoms with Gasteiger partial charge in [-0.25, -0.2) is 4.39 Å². The standard InChI is InChI=1S/C15H21BrFN/c1-2-11-3-6-13(7-4-11)18-10-12-5-8-14(16)15(17)9-12/h5,8-9,11,13,18H,2-4,6-7,10H2,1H3. The van der Waals surface area contributed by atoms with E-state index in [1.165, 1.54) is 32.1 Å². The molecule has 1 aliphatic rings. The lowest BCUT2D eigenvalue weighted by molar-refractivity contribution is 0.285. The van der Waals surface area contributed by atoms with Crippen LogP contribution in [0.5, 0.6) is 0 Å². The predicted molar refractivity (Wildman–Crippen MR) is 77.0 cm³/mol. The van der Waals surface area contributed by atoms with Crippen LogP contribution in [-0.2, 0) is 6.54 Å². The minimum absolute atomic E-state index is 0.177. The molecule has 0 heterocycles. The first-order chi connectivity index (χ1) is 8.69. The van der Waals surface area contributed by atoms with Gasteiger partial charge in [-0.1, -0.05) is 19.4 Å². The molecule has 1 aromatic carbocycles. The Morgan fingerprint density at radius 3 is 2.61 bits per heavy atom. The van der Waals surface area contributed by atoms with Crippen molar-refractivity contribution >= 4 is 15.9 Å². The molecule has 0 radical (unpaired) electrons. The Morgan fingerprint density at radius 1 is 1.28 bits per heavy atom. The molecule has 0 aliphatic heterocycles. The molecule has 100 valence electrons. The molecule has 0 bridgehead atoms. The van der Waals surface area contributed by atoms with Gasteiger partial charge in [-0.15, -0.1) is 0 Å². The molecule has 18 heavy (non-hydrogen) atoms. The Labute approximate surface area is 117 Å². The number of hydrogen-bond acceptors (Lipinski definition) is 1. The van der Waals surface area contributed by atoms with E-state index >= 15 is 0 Å². The second-order valence-corrected chi connectivity index (χ2v) is 6.11. The Bertz CT molecular complexity index is 386. The molecule has 1 aromatic rings. The molecule has 1 nitrogen and oxygen atoms in total. The predicted octanol–water partition coefficient (Wildman–Crippen LogP) is 4.65. The third-order valence-corrected chi connectivity index (χ3v) is 4.65. The Balaban J connectivity index is 1.79. The van der Waals surface area contributed by atoms with Crippen LogP contribution in [0.15, 0.2) is 22.7 Å². The van der Waals surface area contributed by atoms with Crippen molar-refractivity contribution in [1.82, 2.24) is 5.32 Å². The van der Waals surface area contributed by atoms with Crippen molar-refractivity contribution in [2.75, 3.05) is 0 Å². The maximum atomic E-state index is 13.4. The highest BCUT2D eigenvalue weighted by Gasteiger charge is 2.19. The molecule has 0 aromatic heterocycles. The molecule has 0 unspecified atom stereocenters. The summed E-state index contributed by atoms with van der Waals surface area (Å²) in [6.45, 7) is 3.05. The van der Waals surface area contributed by atoms with Crippen LogP contribution in [0.3, 0.4) is 0 Å². The van der Waals surface area contributed by atoms with Crippen LogP contribution in [0.2, 0.25) is 0 Å². The molecule has 1 saturated carbocycles. The largest absolute Gasteiger partial charge is 0.310 e. The zero-order chi connectivity index (χ0) is 13.0. The summed E-state index contributed by atoms with van der Waals surface area (Å²) in [4.78, 5) is 0. The van der Waals surface area contributed by atoms with Crippen molar-refractivity contribution < 1.29 is 4.39 Å². The van der Waals surface area contributed by atoms with Crippen LogP contribution in [0.25, 0.3) is 0 Å². The maximum absolute atomic E-state index is 13.4. The van der Waals surface area contributed by atoms with Crippen molar-refractivity contribution in [3.05, 3.63) is 34.1 Å². The minimum atomic E-state index is -0.177. The van der Waals surface area contributed by atoms with Crippen LogP contribution in [0.4, 0.5) is 4.39 Å². The monoisotopic (exact) mass is 313 g/mol. The molecule has 0 saturated heterocycles. The summed E-state index contributed by atoms with van der Waals surface area (Å²) in [5, 5.41) is 3.55. The van der Waals surface area contributed by atoms with E-state index in [-0.39, 0.29) is 5.82 Å². The van der Waals surface area contributed by atoms with Crippen LogP contribution in [0, 0.1) is 11.7 Å². The second-order valence-electron chi connectivity index (χ2n) is 5.26. The summed E-state index contributed by atoms with van der Waals surface area (Å²) >= 11 is 3.18. The SMILES string of the molecule is CCC1CCC(NCc2ccc(Br)c(F)c2)CC1. The van der Waals surface area contributed by atoms with Crippen molar-refractivity contribution in [3.8, 4) is 0 Å². The fraction of sp³-hybridized carbons (Fsp3) is 0.600. The minimum Gasteiger partial charge on any atom is -0.310 e. The molecular weight excluding hydrogens is 293 g/mol. The molecule has 0 spiro atoms. The highest BCUT2D eigenvalue weighted by atomic mass is 79.9. The topological polar surface area (TPSA) is 12.0 Å². The van der Waals surface area contributed by atoms with Crippen LogP contribution >= 0.6 is 15.9 Å². The highest BCUT2D eigenvalue weighted by Crippen LogP contribution is 2.26. The number of nitrogens with one attached hydrogen (secondary N) is 1. The Hall–Kier alpha value is -0.410. The Morgan fingerprint density at radius 2 is 2.00 bits per heavy atom. The van der Waals surface area contributed by atoms with E-state index in [0.717, 1.165) is 18.0 Å². The third-order valence-electron chi connectivity index (χ3n) is 4.00. The van der Waals surface area contributed by atoms with E-state index in [9.17, 15) is 4.39 Å². The molecule has 1 N–H and O–H groups in total. The van der Waals surface area contributed by atoms with Gasteiger partial charge in [0.25, 0.3) is 0 Å². The Kier molecular flexibility index (Phi) is 5.19. The molecule has 2 rings (SSSR count). The van der Waals surface area contributed by atoms with E-state index in [0.29, 0.717) is 10.5 Å². The first kappa shape index (κ1) is 14.0. The van der Waals surface area contributed by atoms with Crippen molar-refractivity contribution in [2.24, 2.45) is 5.92 Å². The summed E-state index contributed by atoms with van der Waals surface area (Å²) in [6.07, 6.45) is 6.51. The zero-order valence-corrected chi connectivity index (χ0v) is 12.5. The number of rotatable bonds is 4. The maximum Gasteiger partial charge on any atom is 0.137 e. The first-order valence-electron chi connectivity index (χ1n) is 6.86. The highest BCUT2D eigenvalue weighted by molar-refractivity contribution is 9.10. The fourth-order valence-electron chi connectivity index (χ4n) is 2.69. The summed E-state index contributed by atoms with van der Waals surface area (Å²) in [5.74, 6) is 0.747. The van der Waals surface area contributed by atoms with Gasteiger partial charge in [-0.3, -0.25) is 0 Å². The summed E-state index contributed by atoms with van der Waals surface area (Å²) in [5.41, 5.74) is 1.02. The van der Waals surface area contributed by atoms with E-state index in [4.69, 9.17) is 0 Å². The fourth-order valence-corrected chi connectivity index (χ4v) is 2.93. The van der Waals surface area contributed by atoms with Gasteiger partial charge in [-0.05, 0) is 65.2 Å². The lowest BCUT2D eigenvalue weighted by Gasteiger charge is -2.28. The summed E-state index contributed by atoms with van der Waals surface area (Å²) in [6, 6.07) is 5.96. The molecule has 0 amide bonds. The lowest BCUT2D eigenvalue weighted by atomic mass is 9.84. The average molecular weight is 314 g/mol. The number of benzene rings is 1. The van der Waals surface area contributed by atoms with Crippen molar-refractivity contribution in [3.63, 3.8) is 0 Å². The first-order valence-corrected chi connectivity index (χ1v) is 7.65. The summed E-state index contributed by atoms with van der Waals surface area (Å²) < 4.78 is 13.9.